The van der Waals surface area contributed by atoms with Crippen molar-refractivity contribution in [3.63, 3.8) is 0 Å². The first kappa shape index (κ1) is 15.9. The van der Waals surface area contributed by atoms with E-state index in [0.717, 1.165) is 6.42 Å². The van der Waals surface area contributed by atoms with Gasteiger partial charge in [-0.3, -0.25) is 4.79 Å². The minimum Gasteiger partial charge on any atom is -0.367 e. The maximum atomic E-state index is 11.0. The molecule has 0 fully saturated rings. The van der Waals surface area contributed by atoms with Crippen molar-refractivity contribution in [2.75, 3.05) is 5.32 Å². The first-order chi connectivity index (χ1) is 9.08. The summed E-state index contributed by atoms with van der Waals surface area (Å²) >= 11 is 5.94. The van der Waals surface area contributed by atoms with E-state index in [-0.39, 0.29) is 11.2 Å². The van der Waals surface area contributed by atoms with E-state index in [1.165, 1.54) is 25.7 Å². The number of nitrogens with one attached hydrogen (secondary N) is 1. The van der Waals surface area contributed by atoms with Gasteiger partial charge in [0.1, 0.15) is 16.8 Å². The van der Waals surface area contributed by atoms with Crippen LogP contribution >= 0.6 is 11.6 Å². The predicted molar refractivity (Wildman–Crippen MR) is 79.0 cm³/mol. The normalized spacial score (nSPS) is 12.2. The lowest BCUT2D eigenvalue weighted by Gasteiger charge is -2.16. The molecule has 19 heavy (non-hydrogen) atoms. The van der Waals surface area contributed by atoms with Crippen molar-refractivity contribution in [1.29, 1.82) is 0 Å². The Morgan fingerprint density at radius 1 is 1.32 bits per heavy atom. The zero-order chi connectivity index (χ0) is 14.3. The van der Waals surface area contributed by atoms with Gasteiger partial charge in [0.05, 0.1) is 5.56 Å². The van der Waals surface area contributed by atoms with Crippen LogP contribution in [-0.4, -0.2) is 22.3 Å². The van der Waals surface area contributed by atoms with Gasteiger partial charge in [0.2, 0.25) is 0 Å². The van der Waals surface area contributed by atoms with Crippen LogP contribution in [0.15, 0.2) is 0 Å². The molecule has 1 unspecified atom stereocenters. The molecule has 0 aromatic carbocycles. The van der Waals surface area contributed by atoms with Crippen LogP contribution in [0, 0.1) is 6.92 Å². The third kappa shape index (κ3) is 5.15. The van der Waals surface area contributed by atoms with Crippen LogP contribution in [0.3, 0.4) is 0 Å². The van der Waals surface area contributed by atoms with Crippen LogP contribution in [0.4, 0.5) is 5.82 Å². The van der Waals surface area contributed by atoms with Crippen LogP contribution < -0.4 is 5.32 Å². The molecule has 1 heterocycles. The first-order valence-electron chi connectivity index (χ1n) is 6.84. The van der Waals surface area contributed by atoms with Crippen molar-refractivity contribution in [3.05, 3.63) is 16.5 Å². The third-order valence-corrected chi connectivity index (χ3v) is 3.29. The Morgan fingerprint density at radius 2 is 2.05 bits per heavy atom. The molecular formula is C14H22ClN3O. The number of hydrogen-bond donors (Lipinski definition) is 1. The van der Waals surface area contributed by atoms with E-state index in [1.807, 2.05) is 0 Å². The summed E-state index contributed by atoms with van der Waals surface area (Å²) in [4.78, 5) is 19.3. The standard InChI is InChI=1S/C14H22ClN3O/c1-4-5-6-7-8-10(2)16-14-12(9-19)13(15)17-11(3)18-14/h9-10H,4-8H2,1-3H3,(H,16,17,18). The number of aryl methyl sites for hydroxylation is 1. The van der Waals surface area contributed by atoms with Gasteiger partial charge in [-0.05, 0) is 20.3 Å². The molecule has 0 radical (unpaired) electrons. The highest BCUT2D eigenvalue weighted by molar-refractivity contribution is 6.32. The lowest BCUT2D eigenvalue weighted by molar-refractivity contribution is 0.112. The largest absolute Gasteiger partial charge is 0.367 e. The van der Waals surface area contributed by atoms with Crippen molar-refractivity contribution in [2.45, 2.75) is 58.9 Å². The molecule has 106 valence electrons. The van der Waals surface area contributed by atoms with Crippen LogP contribution in [0.1, 0.15) is 62.1 Å². The molecule has 0 spiro atoms. The van der Waals surface area contributed by atoms with Gasteiger partial charge in [-0.15, -0.1) is 0 Å². The Kier molecular flexibility index (Phi) is 6.78. The number of nitrogens with zero attached hydrogens (tertiary/aromatic N) is 2. The topological polar surface area (TPSA) is 54.9 Å². The summed E-state index contributed by atoms with van der Waals surface area (Å²) in [6.45, 7) is 6.05. The Balaban J connectivity index is 2.63. The predicted octanol–water partition coefficient (Wildman–Crippen LogP) is 4.02. The maximum absolute atomic E-state index is 11.0. The highest BCUT2D eigenvalue weighted by Gasteiger charge is 2.12. The van der Waals surface area contributed by atoms with Crippen LogP contribution in [0.25, 0.3) is 0 Å². The van der Waals surface area contributed by atoms with Crippen molar-refractivity contribution >= 4 is 23.7 Å². The summed E-state index contributed by atoms with van der Waals surface area (Å²) in [5.74, 6) is 1.10. The van der Waals surface area contributed by atoms with E-state index < -0.39 is 0 Å². The third-order valence-electron chi connectivity index (χ3n) is 3.00. The molecule has 0 aliphatic carbocycles. The molecule has 1 aromatic rings. The highest BCUT2D eigenvalue weighted by Crippen LogP contribution is 2.20. The molecule has 0 amide bonds. The van der Waals surface area contributed by atoms with Gasteiger partial charge in [-0.2, -0.15) is 0 Å². The number of rotatable bonds is 8. The fourth-order valence-corrected chi connectivity index (χ4v) is 2.20. The van der Waals surface area contributed by atoms with E-state index in [9.17, 15) is 4.79 Å². The van der Waals surface area contributed by atoms with Gasteiger partial charge < -0.3 is 5.32 Å². The van der Waals surface area contributed by atoms with Crippen molar-refractivity contribution in [2.24, 2.45) is 0 Å². The highest BCUT2D eigenvalue weighted by atomic mass is 35.5. The van der Waals surface area contributed by atoms with Crippen molar-refractivity contribution < 1.29 is 4.79 Å². The van der Waals surface area contributed by atoms with Gasteiger partial charge in [-0.25, -0.2) is 9.97 Å². The minimum absolute atomic E-state index is 0.211. The molecule has 0 saturated carbocycles. The molecule has 4 nitrogen and oxygen atoms in total. The lowest BCUT2D eigenvalue weighted by atomic mass is 10.1. The molecular weight excluding hydrogens is 262 g/mol. The number of carbonyl (C=O) groups excluding carboxylic acids is 1. The lowest BCUT2D eigenvalue weighted by Crippen LogP contribution is -2.18. The summed E-state index contributed by atoms with van der Waals surface area (Å²) in [5, 5.41) is 3.46. The average Bonchev–Trinajstić information content (AvgIpc) is 2.34. The van der Waals surface area contributed by atoms with Crippen LogP contribution in [0.5, 0.6) is 0 Å². The van der Waals surface area contributed by atoms with E-state index in [2.05, 4.69) is 29.1 Å². The SMILES string of the molecule is CCCCCCC(C)Nc1nc(C)nc(Cl)c1C=O. The maximum Gasteiger partial charge on any atom is 0.156 e. The number of halogens is 1. The van der Waals surface area contributed by atoms with E-state index in [1.54, 1.807) is 6.92 Å². The fourth-order valence-electron chi connectivity index (χ4n) is 1.94. The minimum atomic E-state index is 0.211. The number of unbranched alkanes of at least 4 members (excludes halogenated alkanes) is 3. The van der Waals surface area contributed by atoms with Gasteiger partial charge in [-0.1, -0.05) is 44.2 Å². The molecule has 1 aromatic heterocycles. The fraction of sp³-hybridized carbons (Fsp3) is 0.643. The van der Waals surface area contributed by atoms with Crippen LogP contribution in [-0.2, 0) is 0 Å². The molecule has 0 aliphatic rings. The summed E-state index contributed by atoms with van der Waals surface area (Å²) in [7, 11) is 0. The zero-order valence-electron chi connectivity index (χ0n) is 11.9. The summed E-state index contributed by atoms with van der Waals surface area (Å²) in [5.41, 5.74) is 0.340. The van der Waals surface area contributed by atoms with Gasteiger partial charge in [0, 0.05) is 6.04 Å². The molecule has 1 N–H and O–H groups in total. The van der Waals surface area contributed by atoms with Gasteiger partial charge in [0.15, 0.2) is 6.29 Å². The summed E-state index contributed by atoms with van der Waals surface area (Å²) in [6, 6.07) is 0.265. The van der Waals surface area contributed by atoms with Crippen LogP contribution in [0.2, 0.25) is 5.15 Å². The zero-order valence-corrected chi connectivity index (χ0v) is 12.6. The number of aldehydes is 1. The second kappa shape index (κ2) is 8.10. The molecule has 1 rings (SSSR count). The number of hydrogen-bond acceptors (Lipinski definition) is 4. The van der Waals surface area contributed by atoms with Gasteiger partial charge in [0.25, 0.3) is 0 Å². The second-order valence-electron chi connectivity index (χ2n) is 4.84. The van der Waals surface area contributed by atoms with Crippen molar-refractivity contribution in [3.8, 4) is 0 Å². The molecule has 0 bridgehead atoms. The molecule has 1 atom stereocenters. The molecule has 0 aliphatic heterocycles. The second-order valence-corrected chi connectivity index (χ2v) is 5.19. The molecule has 5 heteroatoms. The van der Waals surface area contributed by atoms with E-state index in [0.29, 0.717) is 23.5 Å². The summed E-state index contributed by atoms with van der Waals surface area (Å²) in [6.07, 6.45) is 6.68. The monoisotopic (exact) mass is 283 g/mol. The smallest absolute Gasteiger partial charge is 0.156 e. The van der Waals surface area contributed by atoms with Gasteiger partial charge >= 0.3 is 0 Å². The molecule has 0 saturated heterocycles. The average molecular weight is 284 g/mol. The Bertz CT molecular complexity index is 423. The van der Waals surface area contributed by atoms with E-state index in [4.69, 9.17) is 11.6 Å². The van der Waals surface area contributed by atoms with Crippen molar-refractivity contribution in [1.82, 2.24) is 9.97 Å². The Hall–Kier alpha value is -1.16. The first-order valence-corrected chi connectivity index (χ1v) is 7.22. The quantitative estimate of drug-likeness (QED) is 0.445. The number of aromatic nitrogens is 2. The summed E-state index contributed by atoms with van der Waals surface area (Å²) < 4.78 is 0. The number of anilines is 1. The van der Waals surface area contributed by atoms with E-state index >= 15 is 0 Å². The number of carbonyl (C=O) groups is 1. The Labute approximate surface area is 120 Å². The Morgan fingerprint density at radius 3 is 2.68 bits per heavy atom.